The van der Waals surface area contributed by atoms with Gasteiger partial charge < -0.3 is 15.6 Å². The minimum atomic E-state index is -0.527. The number of benzene rings is 1. The fourth-order valence-corrected chi connectivity index (χ4v) is 3.52. The molecule has 0 saturated heterocycles. The molecule has 1 amide bonds. The molecule has 0 spiro atoms. The fraction of sp³-hybridized carbons (Fsp3) is 0.640. The highest BCUT2D eigenvalue weighted by molar-refractivity contribution is 5.85. The van der Waals surface area contributed by atoms with Crippen LogP contribution in [0, 0.1) is 5.92 Å². The van der Waals surface area contributed by atoms with E-state index in [0.29, 0.717) is 11.7 Å². The summed E-state index contributed by atoms with van der Waals surface area (Å²) in [5, 5.41) is 6.81. The zero-order valence-corrected chi connectivity index (χ0v) is 20.8. The minimum absolute atomic E-state index is 0. The standard InChI is InChI=1S/C25H40N4O2.ClH/c1-4-6-7-8-9-10-11-12-13-20-14-16-21(17-15-20)24-28-22(31-29-24)18-27-25(30)23(26)19(3)5-2;/h14-17,19,23H,4-13,18,26H2,1-3H3,(H,27,30);1H. The average Bonchev–Trinajstić information content (AvgIpc) is 3.27. The maximum atomic E-state index is 12.1. The van der Waals surface area contributed by atoms with Gasteiger partial charge >= 0.3 is 0 Å². The number of aromatic nitrogens is 2. The molecule has 2 atom stereocenters. The number of hydrogen-bond donors (Lipinski definition) is 2. The van der Waals surface area contributed by atoms with Crippen molar-refractivity contribution in [1.29, 1.82) is 0 Å². The van der Waals surface area contributed by atoms with Crippen molar-refractivity contribution in [2.45, 2.75) is 97.6 Å². The summed E-state index contributed by atoms with van der Waals surface area (Å²) in [6.45, 7) is 6.43. The van der Waals surface area contributed by atoms with Gasteiger partial charge in [-0.3, -0.25) is 4.79 Å². The van der Waals surface area contributed by atoms with E-state index in [-0.39, 0.29) is 30.8 Å². The number of hydrogen-bond acceptors (Lipinski definition) is 5. The first-order valence-electron chi connectivity index (χ1n) is 12.0. The van der Waals surface area contributed by atoms with Gasteiger partial charge in [0.15, 0.2) is 0 Å². The van der Waals surface area contributed by atoms with Gasteiger partial charge in [0.25, 0.3) is 0 Å². The molecular formula is C25H41ClN4O2. The Morgan fingerprint density at radius 2 is 1.66 bits per heavy atom. The molecule has 1 heterocycles. The van der Waals surface area contributed by atoms with Crippen molar-refractivity contribution in [3.05, 3.63) is 35.7 Å². The van der Waals surface area contributed by atoms with Gasteiger partial charge in [-0.1, -0.05) is 102 Å². The van der Waals surface area contributed by atoms with Gasteiger partial charge in [0.05, 0.1) is 12.6 Å². The molecule has 0 radical (unpaired) electrons. The molecule has 0 saturated carbocycles. The number of carbonyl (C=O) groups excluding carboxylic acids is 1. The molecule has 0 aliphatic carbocycles. The van der Waals surface area contributed by atoms with Crippen LogP contribution in [-0.4, -0.2) is 22.1 Å². The number of amides is 1. The molecular weight excluding hydrogens is 424 g/mol. The van der Waals surface area contributed by atoms with Gasteiger partial charge in [0.2, 0.25) is 17.6 Å². The molecule has 32 heavy (non-hydrogen) atoms. The van der Waals surface area contributed by atoms with Crippen LogP contribution >= 0.6 is 12.4 Å². The molecule has 2 aromatic rings. The summed E-state index contributed by atoms with van der Waals surface area (Å²) < 4.78 is 5.28. The van der Waals surface area contributed by atoms with E-state index in [4.69, 9.17) is 10.3 Å². The highest BCUT2D eigenvalue weighted by atomic mass is 35.5. The second-order valence-electron chi connectivity index (χ2n) is 8.56. The quantitative estimate of drug-likeness (QED) is 0.323. The highest BCUT2D eigenvalue weighted by Gasteiger charge is 2.20. The molecule has 0 bridgehead atoms. The number of rotatable bonds is 15. The smallest absolute Gasteiger partial charge is 0.246 e. The molecule has 1 aromatic carbocycles. The highest BCUT2D eigenvalue weighted by Crippen LogP contribution is 2.18. The summed E-state index contributed by atoms with van der Waals surface area (Å²) in [5.41, 5.74) is 8.19. The Kier molecular flexibility index (Phi) is 13.9. The lowest BCUT2D eigenvalue weighted by molar-refractivity contribution is -0.123. The minimum Gasteiger partial charge on any atom is -0.346 e. The maximum absolute atomic E-state index is 12.1. The van der Waals surface area contributed by atoms with Crippen molar-refractivity contribution in [3.63, 3.8) is 0 Å². The second-order valence-corrected chi connectivity index (χ2v) is 8.56. The van der Waals surface area contributed by atoms with Crippen LogP contribution in [0.3, 0.4) is 0 Å². The lowest BCUT2D eigenvalue weighted by Gasteiger charge is -2.16. The Balaban J connectivity index is 0.00000512. The number of nitrogens with zero attached hydrogens (tertiary/aromatic N) is 2. The van der Waals surface area contributed by atoms with Crippen LogP contribution in [-0.2, 0) is 17.8 Å². The summed E-state index contributed by atoms with van der Waals surface area (Å²) in [4.78, 5) is 16.5. The molecule has 0 aliphatic heterocycles. The molecule has 3 N–H and O–H groups in total. The molecule has 6 nitrogen and oxygen atoms in total. The van der Waals surface area contributed by atoms with E-state index in [1.54, 1.807) is 0 Å². The molecule has 2 rings (SSSR count). The summed E-state index contributed by atoms with van der Waals surface area (Å²) >= 11 is 0. The summed E-state index contributed by atoms with van der Waals surface area (Å²) in [7, 11) is 0. The zero-order valence-electron chi connectivity index (χ0n) is 19.9. The largest absolute Gasteiger partial charge is 0.346 e. The van der Waals surface area contributed by atoms with E-state index < -0.39 is 6.04 Å². The Hall–Kier alpha value is -1.92. The van der Waals surface area contributed by atoms with Crippen molar-refractivity contribution in [2.75, 3.05) is 0 Å². The first-order valence-corrected chi connectivity index (χ1v) is 12.0. The first-order chi connectivity index (χ1) is 15.0. The van der Waals surface area contributed by atoms with E-state index >= 15 is 0 Å². The predicted octanol–water partition coefficient (Wildman–Crippen LogP) is 5.83. The topological polar surface area (TPSA) is 94.0 Å². The average molecular weight is 465 g/mol. The molecule has 0 fully saturated rings. The van der Waals surface area contributed by atoms with E-state index in [1.807, 2.05) is 26.0 Å². The lowest BCUT2D eigenvalue weighted by Crippen LogP contribution is -2.44. The molecule has 180 valence electrons. The van der Waals surface area contributed by atoms with Crippen LogP contribution in [0.2, 0.25) is 0 Å². The van der Waals surface area contributed by atoms with Gasteiger partial charge in [-0.05, 0) is 24.3 Å². The summed E-state index contributed by atoms with van der Waals surface area (Å²) in [6, 6.07) is 7.82. The van der Waals surface area contributed by atoms with E-state index in [9.17, 15) is 4.79 Å². The van der Waals surface area contributed by atoms with E-state index in [0.717, 1.165) is 18.4 Å². The van der Waals surface area contributed by atoms with Crippen LogP contribution in [0.1, 0.15) is 90.0 Å². The van der Waals surface area contributed by atoms with Crippen molar-refractivity contribution >= 4 is 18.3 Å². The predicted molar refractivity (Wildman–Crippen MR) is 133 cm³/mol. The van der Waals surface area contributed by atoms with Gasteiger partial charge in [-0.25, -0.2) is 0 Å². The van der Waals surface area contributed by atoms with Gasteiger partial charge in [-0.15, -0.1) is 12.4 Å². The Morgan fingerprint density at radius 1 is 1.03 bits per heavy atom. The summed E-state index contributed by atoms with van der Waals surface area (Å²) in [5.74, 6) is 0.846. The third-order valence-corrected chi connectivity index (χ3v) is 5.97. The van der Waals surface area contributed by atoms with Gasteiger partial charge in [0.1, 0.15) is 0 Å². The van der Waals surface area contributed by atoms with Crippen LogP contribution in [0.15, 0.2) is 28.8 Å². The van der Waals surface area contributed by atoms with Crippen LogP contribution in [0.5, 0.6) is 0 Å². The Bertz CT molecular complexity index is 764. The number of nitrogens with one attached hydrogen (secondary N) is 1. The molecule has 0 aliphatic rings. The fourth-order valence-electron chi connectivity index (χ4n) is 3.52. The van der Waals surface area contributed by atoms with Crippen LogP contribution in [0.4, 0.5) is 0 Å². The van der Waals surface area contributed by atoms with Crippen LogP contribution in [0.25, 0.3) is 11.4 Å². The number of nitrogens with two attached hydrogens (primary N) is 1. The van der Waals surface area contributed by atoms with Crippen molar-refractivity contribution in [3.8, 4) is 11.4 Å². The summed E-state index contributed by atoms with van der Waals surface area (Å²) in [6.07, 6.45) is 12.6. The van der Waals surface area contributed by atoms with Crippen molar-refractivity contribution in [2.24, 2.45) is 11.7 Å². The number of halogens is 1. The third kappa shape index (κ3) is 9.70. The Morgan fingerprint density at radius 3 is 2.28 bits per heavy atom. The zero-order chi connectivity index (χ0) is 22.5. The van der Waals surface area contributed by atoms with Crippen molar-refractivity contribution in [1.82, 2.24) is 15.5 Å². The number of carbonyl (C=O) groups is 1. The third-order valence-electron chi connectivity index (χ3n) is 5.97. The van der Waals surface area contributed by atoms with Crippen molar-refractivity contribution < 1.29 is 9.32 Å². The molecule has 7 heteroatoms. The number of aryl methyl sites for hydroxylation is 1. The lowest BCUT2D eigenvalue weighted by atomic mass is 9.99. The normalized spacial score (nSPS) is 12.8. The van der Waals surface area contributed by atoms with E-state index in [2.05, 4.69) is 34.5 Å². The Labute approximate surface area is 199 Å². The SMILES string of the molecule is CCCCCCCCCCc1ccc(-c2noc(CNC(=O)C(N)C(C)CC)n2)cc1.Cl. The van der Waals surface area contributed by atoms with Gasteiger partial charge in [-0.2, -0.15) is 4.98 Å². The first kappa shape index (κ1) is 28.1. The van der Waals surface area contributed by atoms with E-state index in [1.165, 1.54) is 56.9 Å². The second kappa shape index (κ2) is 15.8. The molecule has 1 aromatic heterocycles. The number of unbranched alkanes of at least 4 members (excludes halogenated alkanes) is 7. The molecule has 2 unspecified atom stereocenters. The van der Waals surface area contributed by atoms with Gasteiger partial charge in [0, 0.05) is 5.56 Å². The maximum Gasteiger partial charge on any atom is 0.246 e. The van der Waals surface area contributed by atoms with Crippen LogP contribution < -0.4 is 11.1 Å². The monoisotopic (exact) mass is 464 g/mol.